The maximum absolute atomic E-state index is 9.53. The number of nitrogens with zero attached hydrogens (tertiary/aromatic N) is 2. The molecule has 0 radical (unpaired) electrons. The van der Waals surface area contributed by atoms with Crippen molar-refractivity contribution in [2.45, 2.75) is 17.9 Å². The zero-order valence-corrected chi connectivity index (χ0v) is 13.1. The molecule has 0 fully saturated rings. The number of thioether (sulfide) groups is 1. The first kappa shape index (κ1) is 16.4. The molecule has 1 atom stereocenters. The first-order chi connectivity index (χ1) is 10.1. The van der Waals surface area contributed by atoms with Gasteiger partial charge in [0.15, 0.2) is 0 Å². The number of aromatic nitrogens is 2. The summed E-state index contributed by atoms with van der Waals surface area (Å²) in [6, 6.07) is 1.98. The van der Waals surface area contributed by atoms with E-state index in [0.717, 1.165) is 10.5 Å². The molecule has 21 heavy (non-hydrogen) atoms. The Bertz CT molecular complexity index is 659. The third-order valence-electron chi connectivity index (χ3n) is 2.67. The standard InChI is InChI=1S/C12H16BN3O3S2/c1-7-4-8(20-3-2-17)5-14-11(7)16-12-15-10(13-21-12)9(19)6-18/h4-5,9,17-19H,2-3,6H2,1H3,(H,14,15,16). The van der Waals surface area contributed by atoms with E-state index in [1.54, 1.807) is 24.1 Å². The molecule has 0 amide bonds. The van der Waals surface area contributed by atoms with Crippen LogP contribution in [0, 0.1) is 6.92 Å². The number of aliphatic hydroxyl groups excluding tert-OH is 3. The van der Waals surface area contributed by atoms with E-state index < -0.39 is 6.10 Å². The summed E-state index contributed by atoms with van der Waals surface area (Å²) in [5.74, 6) is 1.24. The summed E-state index contributed by atoms with van der Waals surface area (Å²) in [5, 5.41) is 27.2. The Labute approximate surface area is 130 Å². The molecular formula is C12H16BN3O3S2. The maximum atomic E-state index is 9.53. The van der Waals surface area contributed by atoms with Gasteiger partial charge in [-0.25, -0.2) is 0 Å². The van der Waals surface area contributed by atoms with E-state index in [1.165, 1.54) is 11.2 Å². The van der Waals surface area contributed by atoms with E-state index in [1.807, 2.05) is 13.0 Å². The summed E-state index contributed by atoms with van der Waals surface area (Å²) in [6.07, 6.45) is 2.53. The topological polar surface area (TPSA) is 102 Å². The fourth-order valence-electron chi connectivity index (χ4n) is 1.61. The van der Waals surface area contributed by atoms with Gasteiger partial charge in [-0.2, -0.15) is 0 Å². The first-order valence-corrected chi connectivity index (χ1v) is 8.22. The molecule has 1 unspecified atom stereocenters. The van der Waals surface area contributed by atoms with Crippen molar-refractivity contribution in [2.75, 3.05) is 19.0 Å². The van der Waals surface area contributed by atoms with Crippen LogP contribution in [0.4, 0.5) is 5.82 Å². The van der Waals surface area contributed by atoms with E-state index in [0.29, 0.717) is 22.0 Å². The molecule has 2 aromatic heterocycles. The quantitative estimate of drug-likeness (QED) is 0.578. The second kappa shape index (κ2) is 7.86. The van der Waals surface area contributed by atoms with Crippen LogP contribution < -0.4 is 4.80 Å². The van der Waals surface area contributed by atoms with Gasteiger partial charge in [0.05, 0.1) is 0 Å². The van der Waals surface area contributed by atoms with Crippen molar-refractivity contribution in [1.82, 2.24) is 9.97 Å². The van der Waals surface area contributed by atoms with Crippen molar-refractivity contribution in [3.63, 3.8) is 0 Å². The normalized spacial score (nSPS) is 13.4. The van der Waals surface area contributed by atoms with Crippen LogP contribution in [-0.2, 0) is 0 Å². The number of pyridine rings is 1. The van der Waals surface area contributed by atoms with Gasteiger partial charge in [-0.3, -0.25) is 0 Å². The third-order valence-corrected chi connectivity index (χ3v) is 4.41. The molecule has 0 aromatic carbocycles. The average molecular weight is 325 g/mol. The van der Waals surface area contributed by atoms with Gasteiger partial charge in [0.2, 0.25) is 0 Å². The van der Waals surface area contributed by atoms with Crippen LogP contribution in [0.1, 0.15) is 17.3 Å². The summed E-state index contributed by atoms with van der Waals surface area (Å²) in [4.78, 5) is 13.3. The molecule has 0 saturated heterocycles. The van der Waals surface area contributed by atoms with Crippen molar-refractivity contribution in [3.05, 3.63) is 28.2 Å². The third kappa shape index (κ3) is 4.48. The molecule has 2 heterocycles. The SMILES string of the molecule is Cc1cc(SCCO)cnc1N=c1[nH]c(C(O)CO)bs1. The number of aromatic amines is 1. The molecule has 0 aliphatic carbocycles. The van der Waals surface area contributed by atoms with Crippen molar-refractivity contribution in [2.24, 2.45) is 4.99 Å². The number of rotatable bonds is 6. The van der Waals surface area contributed by atoms with Crippen molar-refractivity contribution in [1.29, 1.82) is 0 Å². The Morgan fingerprint density at radius 3 is 3.00 bits per heavy atom. The molecule has 0 spiro atoms. The second-order valence-electron chi connectivity index (χ2n) is 4.31. The van der Waals surface area contributed by atoms with Gasteiger partial charge in [0.25, 0.3) is 0 Å². The van der Waals surface area contributed by atoms with Crippen LogP contribution in [-0.4, -0.2) is 50.4 Å². The Balaban J connectivity index is 2.22. The Hall–Kier alpha value is -0.995. The molecule has 0 aliphatic heterocycles. The number of aryl methyl sites for hydroxylation is 1. The van der Waals surface area contributed by atoms with Gasteiger partial charge in [-0.15, -0.1) is 0 Å². The number of nitrogens with one attached hydrogen (secondary N) is 1. The summed E-state index contributed by atoms with van der Waals surface area (Å²) >= 11 is 2.88. The molecule has 4 N–H and O–H groups in total. The van der Waals surface area contributed by atoms with Crippen molar-refractivity contribution >= 4 is 34.9 Å². The van der Waals surface area contributed by atoms with E-state index in [-0.39, 0.29) is 13.2 Å². The van der Waals surface area contributed by atoms with E-state index in [4.69, 9.17) is 10.2 Å². The predicted molar refractivity (Wildman–Crippen MR) is 84.1 cm³/mol. The second-order valence-corrected chi connectivity index (χ2v) is 6.34. The Morgan fingerprint density at radius 1 is 1.52 bits per heavy atom. The van der Waals surface area contributed by atoms with Crippen LogP contribution in [0.5, 0.6) is 0 Å². The molecular weight excluding hydrogens is 309 g/mol. The molecule has 2 aromatic rings. The average Bonchev–Trinajstić information content (AvgIpc) is 2.95. The minimum absolute atomic E-state index is 0.135. The van der Waals surface area contributed by atoms with E-state index in [9.17, 15) is 5.11 Å². The van der Waals surface area contributed by atoms with Crippen LogP contribution in [0.15, 0.2) is 22.2 Å². The predicted octanol–water partition coefficient (Wildman–Crippen LogP) is 0.460. The van der Waals surface area contributed by atoms with E-state index in [2.05, 4.69) is 15.0 Å². The number of hydrogen-bond acceptors (Lipinski definition) is 7. The van der Waals surface area contributed by atoms with E-state index >= 15 is 0 Å². The molecule has 112 valence electrons. The molecule has 0 bridgehead atoms. The number of H-pyrrole nitrogens is 1. The number of aliphatic hydroxyl groups is 3. The molecule has 6 nitrogen and oxygen atoms in total. The summed E-state index contributed by atoms with van der Waals surface area (Å²) in [7, 11) is 0. The van der Waals surface area contributed by atoms with Crippen LogP contribution in [0.25, 0.3) is 0 Å². The number of hydrogen-bond donors (Lipinski definition) is 4. The Morgan fingerprint density at radius 2 is 2.33 bits per heavy atom. The Kier molecular flexibility index (Phi) is 6.13. The zero-order valence-electron chi connectivity index (χ0n) is 11.5. The molecule has 0 saturated carbocycles. The van der Waals surface area contributed by atoms with Crippen LogP contribution >= 0.6 is 22.9 Å². The zero-order chi connectivity index (χ0) is 15.2. The van der Waals surface area contributed by atoms with Crippen LogP contribution in [0.2, 0.25) is 0 Å². The summed E-state index contributed by atoms with van der Waals surface area (Å²) in [6.45, 7) is 1.72. The molecule has 2 rings (SSSR count). The minimum atomic E-state index is -0.920. The van der Waals surface area contributed by atoms with Gasteiger partial charge in [0.1, 0.15) is 0 Å². The van der Waals surface area contributed by atoms with Gasteiger partial charge >= 0.3 is 130 Å². The molecule has 0 aliphatic rings. The summed E-state index contributed by atoms with van der Waals surface area (Å²) in [5.41, 5.74) is 1.47. The van der Waals surface area contributed by atoms with Gasteiger partial charge in [-0.05, 0) is 0 Å². The van der Waals surface area contributed by atoms with Crippen LogP contribution in [0.3, 0.4) is 0 Å². The summed E-state index contributed by atoms with van der Waals surface area (Å²) < 4.78 is 0. The monoisotopic (exact) mass is 325 g/mol. The van der Waals surface area contributed by atoms with Crippen molar-refractivity contribution < 1.29 is 15.3 Å². The fourth-order valence-corrected chi connectivity index (χ4v) is 3.10. The van der Waals surface area contributed by atoms with Gasteiger partial charge in [-0.1, -0.05) is 0 Å². The van der Waals surface area contributed by atoms with Crippen molar-refractivity contribution in [3.8, 4) is 0 Å². The fraction of sp³-hybridized carbons (Fsp3) is 0.417. The van der Waals surface area contributed by atoms with Gasteiger partial charge in [0, 0.05) is 0 Å². The first-order valence-electron chi connectivity index (χ1n) is 6.35. The molecule has 9 heteroatoms. The van der Waals surface area contributed by atoms with Gasteiger partial charge < -0.3 is 0 Å².